The maximum Gasteiger partial charge on any atom is 0.0963 e. The summed E-state index contributed by atoms with van der Waals surface area (Å²) in [6.45, 7) is 3.19. The van der Waals surface area contributed by atoms with Crippen molar-refractivity contribution >= 4 is 15.9 Å². The largest absolute Gasteiger partial charge is 0.369 e. The Kier molecular flexibility index (Phi) is 5.86. The van der Waals surface area contributed by atoms with E-state index in [9.17, 15) is 0 Å². The van der Waals surface area contributed by atoms with E-state index in [4.69, 9.17) is 4.74 Å². The fraction of sp³-hybridized carbons (Fsp3) is 0.625. The number of nitrogens with one attached hydrogen (secondary N) is 1. The number of ether oxygens (including phenoxy) is 1. The third kappa shape index (κ3) is 4.30. The summed E-state index contributed by atoms with van der Waals surface area (Å²) in [4.78, 5) is 0. The molecule has 3 heteroatoms. The topological polar surface area (TPSA) is 21.3 Å². The van der Waals surface area contributed by atoms with Crippen molar-refractivity contribution < 1.29 is 4.74 Å². The van der Waals surface area contributed by atoms with Crippen molar-refractivity contribution in [1.82, 2.24) is 5.32 Å². The summed E-state index contributed by atoms with van der Waals surface area (Å²) in [7, 11) is 1.98. The highest BCUT2D eigenvalue weighted by molar-refractivity contribution is 9.10. The summed E-state index contributed by atoms with van der Waals surface area (Å²) < 4.78 is 7.51. The molecule has 1 aromatic rings. The Labute approximate surface area is 125 Å². The standard InChI is InChI=1S/C16H24BrNO/c1-12-6-5-7-13(10-12)19-16(11-18-2)14-8-3-4-9-15(14)17/h3-4,8-9,12-13,16,18H,5-7,10-11H2,1-2H3. The Bertz CT molecular complexity index is 396. The first-order chi connectivity index (χ1) is 9.20. The molecule has 0 amide bonds. The van der Waals surface area contributed by atoms with E-state index in [1.54, 1.807) is 0 Å². The summed E-state index contributed by atoms with van der Waals surface area (Å²) in [6, 6.07) is 8.37. The highest BCUT2D eigenvalue weighted by Crippen LogP contribution is 2.32. The molecule has 106 valence electrons. The third-order valence-electron chi connectivity index (χ3n) is 3.89. The van der Waals surface area contributed by atoms with E-state index in [-0.39, 0.29) is 6.10 Å². The van der Waals surface area contributed by atoms with Crippen molar-refractivity contribution in [2.75, 3.05) is 13.6 Å². The number of hydrogen-bond donors (Lipinski definition) is 1. The molecule has 1 fully saturated rings. The van der Waals surface area contributed by atoms with Gasteiger partial charge in [0.25, 0.3) is 0 Å². The van der Waals surface area contributed by atoms with Gasteiger partial charge in [-0.25, -0.2) is 0 Å². The maximum absolute atomic E-state index is 6.38. The van der Waals surface area contributed by atoms with Crippen LogP contribution < -0.4 is 5.32 Å². The molecule has 3 atom stereocenters. The van der Waals surface area contributed by atoms with Gasteiger partial charge in [-0.1, -0.05) is 53.9 Å². The van der Waals surface area contributed by atoms with Crippen molar-refractivity contribution in [2.24, 2.45) is 5.92 Å². The first kappa shape index (κ1) is 15.0. The van der Waals surface area contributed by atoms with Gasteiger partial charge < -0.3 is 10.1 Å². The highest BCUT2D eigenvalue weighted by atomic mass is 79.9. The van der Waals surface area contributed by atoms with Crippen LogP contribution in [0.5, 0.6) is 0 Å². The predicted molar refractivity (Wildman–Crippen MR) is 83.3 cm³/mol. The van der Waals surface area contributed by atoms with E-state index >= 15 is 0 Å². The fourth-order valence-corrected chi connectivity index (χ4v) is 3.43. The summed E-state index contributed by atoms with van der Waals surface area (Å²) in [6.07, 6.45) is 5.60. The third-order valence-corrected chi connectivity index (χ3v) is 4.61. The Balaban J connectivity index is 2.05. The minimum Gasteiger partial charge on any atom is -0.369 e. The van der Waals surface area contributed by atoms with Crippen LogP contribution in [0.4, 0.5) is 0 Å². The lowest BCUT2D eigenvalue weighted by molar-refractivity contribution is -0.0391. The zero-order valence-electron chi connectivity index (χ0n) is 11.9. The normalized spacial score (nSPS) is 25.2. The molecule has 1 N–H and O–H groups in total. The molecule has 1 saturated carbocycles. The van der Waals surface area contributed by atoms with E-state index < -0.39 is 0 Å². The highest BCUT2D eigenvalue weighted by Gasteiger charge is 2.24. The van der Waals surface area contributed by atoms with Gasteiger partial charge in [-0.2, -0.15) is 0 Å². The minimum atomic E-state index is 0.135. The molecule has 0 spiro atoms. The summed E-state index contributed by atoms with van der Waals surface area (Å²) in [5.41, 5.74) is 1.25. The quantitative estimate of drug-likeness (QED) is 0.871. The molecule has 0 heterocycles. The van der Waals surface area contributed by atoms with Crippen molar-refractivity contribution in [3.8, 4) is 0 Å². The van der Waals surface area contributed by atoms with Crippen LogP contribution >= 0.6 is 15.9 Å². The van der Waals surface area contributed by atoms with Crippen LogP contribution in [0.1, 0.15) is 44.3 Å². The number of halogens is 1. The van der Waals surface area contributed by atoms with Crippen LogP contribution in [0.2, 0.25) is 0 Å². The van der Waals surface area contributed by atoms with Gasteiger partial charge in [-0.15, -0.1) is 0 Å². The first-order valence-electron chi connectivity index (χ1n) is 7.25. The van der Waals surface area contributed by atoms with Crippen molar-refractivity contribution in [1.29, 1.82) is 0 Å². The van der Waals surface area contributed by atoms with Crippen molar-refractivity contribution in [3.63, 3.8) is 0 Å². The first-order valence-corrected chi connectivity index (χ1v) is 8.04. The summed E-state index contributed by atoms with van der Waals surface area (Å²) in [5, 5.41) is 3.25. The van der Waals surface area contributed by atoms with Crippen LogP contribution in [-0.2, 0) is 4.74 Å². The van der Waals surface area contributed by atoms with E-state index in [1.807, 2.05) is 13.1 Å². The average Bonchev–Trinajstić information content (AvgIpc) is 2.39. The number of likely N-dealkylation sites (N-methyl/N-ethyl adjacent to an activating group) is 1. The Morgan fingerprint density at radius 3 is 2.84 bits per heavy atom. The van der Waals surface area contributed by atoms with Crippen molar-refractivity contribution in [2.45, 2.75) is 44.8 Å². The maximum atomic E-state index is 6.38. The second kappa shape index (κ2) is 7.41. The van der Waals surface area contributed by atoms with E-state index in [0.717, 1.165) is 16.9 Å². The Morgan fingerprint density at radius 2 is 2.16 bits per heavy atom. The van der Waals surface area contributed by atoms with E-state index in [0.29, 0.717) is 6.10 Å². The van der Waals surface area contributed by atoms with Crippen LogP contribution in [0.25, 0.3) is 0 Å². The van der Waals surface area contributed by atoms with Crippen LogP contribution in [0, 0.1) is 5.92 Å². The number of hydrogen-bond acceptors (Lipinski definition) is 2. The molecule has 0 bridgehead atoms. The Morgan fingerprint density at radius 1 is 1.37 bits per heavy atom. The lowest BCUT2D eigenvalue weighted by Gasteiger charge is -2.31. The lowest BCUT2D eigenvalue weighted by atomic mass is 9.88. The van der Waals surface area contributed by atoms with Gasteiger partial charge >= 0.3 is 0 Å². The number of rotatable bonds is 5. The SMILES string of the molecule is CNCC(OC1CCCC(C)C1)c1ccccc1Br. The molecule has 1 aliphatic carbocycles. The second-order valence-corrected chi connectivity index (χ2v) is 6.45. The monoisotopic (exact) mass is 325 g/mol. The van der Waals surface area contributed by atoms with Gasteiger partial charge in [0.15, 0.2) is 0 Å². The lowest BCUT2D eigenvalue weighted by Crippen LogP contribution is -2.28. The average molecular weight is 326 g/mol. The predicted octanol–water partition coefficient (Wildman–Crippen LogP) is 4.30. The molecule has 3 unspecified atom stereocenters. The van der Waals surface area contributed by atoms with Crippen LogP contribution in [0.3, 0.4) is 0 Å². The molecule has 0 aromatic heterocycles. The second-order valence-electron chi connectivity index (χ2n) is 5.60. The molecule has 0 aliphatic heterocycles. The molecule has 0 saturated heterocycles. The van der Waals surface area contributed by atoms with Crippen LogP contribution in [0.15, 0.2) is 28.7 Å². The molecule has 2 rings (SSSR count). The van der Waals surface area contributed by atoms with Crippen molar-refractivity contribution in [3.05, 3.63) is 34.3 Å². The summed E-state index contributed by atoms with van der Waals surface area (Å²) >= 11 is 3.64. The molecule has 1 aromatic carbocycles. The Hall–Kier alpha value is -0.380. The molecular formula is C16H24BrNO. The zero-order chi connectivity index (χ0) is 13.7. The van der Waals surface area contributed by atoms with Gasteiger partial charge in [-0.05, 0) is 37.4 Å². The molecule has 0 radical (unpaired) electrons. The summed E-state index contributed by atoms with van der Waals surface area (Å²) in [5.74, 6) is 0.799. The molecular weight excluding hydrogens is 302 g/mol. The minimum absolute atomic E-state index is 0.135. The van der Waals surface area contributed by atoms with E-state index in [1.165, 1.54) is 31.2 Å². The van der Waals surface area contributed by atoms with Gasteiger partial charge in [-0.3, -0.25) is 0 Å². The van der Waals surface area contributed by atoms with Gasteiger partial charge in [0.1, 0.15) is 0 Å². The molecule has 2 nitrogen and oxygen atoms in total. The van der Waals surface area contributed by atoms with Gasteiger partial charge in [0.05, 0.1) is 12.2 Å². The van der Waals surface area contributed by atoms with E-state index in [2.05, 4.69) is 46.4 Å². The molecule has 1 aliphatic rings. The number of benzene rings is 1. The fourth-order valence-electron chi connectivity index (χ4n) is 2.89. The zero-order valence-corrected chi connectivity index (χ0v) is 13.4. The molecule has 19 heavy (non-hydrogen) atoms. The van der Waals surface area contributed by atoms with Gasteiger partial charge in [0.2, 0.25) is 0 Å². The van der Waals surface area contributed by atoms with Gasteiger partial charge in [0, 0.05) is 11.0 Å². The smallest absolute Gasteiger partial charge is 0.0963 e. The van der Waals surface area contributed by atoms with Crippen LogP contribution in [-0.4, -0.2) is 19.7 Å².